The highest BCUT2D eigenvalue weighted by molar-refractivity contribution is 7.14. The predicted molar refractivity (Wildman–Crippen MR) is 91.4 cm³/mol. The second-order valence-electron chi connectivity index (χ2n) is 5.89. The molecule has 1 aromatic heterocycles. The highest BCUT2D eigenvalue weighted by Crippen LogP contribution is 2.28. The van der Waals surface area contributed by atoms with Crippen LogP contribution in [-0.2, 0) is 9.59 Å². The maximum atomic E-state index is 12.2. The van der Waals surface area contributed by atoms with Crippen molar-refractivity contribution in [3.8, 4) is 11.3 Å². The zero-order valence-corrected chi connectivity index (χ0v) is 14.0. The van der Waals surface area contributed by atoms with Crippen molar-refractivity contribution in [3.05, 3.63) is 34.7 Å². The number of aromatic nitrogens is 1. The number of hydrogen-bond acceptors (Lipinski definition) is 4. The van der Waals surface area contributed by atoms with Gasteiger partial charge in [0.2, 0.25) is 11.8 Å². The van der Waals surface area contributed by atoms with Crippen molar-refractivity contribution in [2.45, 2.75) is 26.7 Å². The lowest BCUT2D eigenvalue weighted by molar-refractivity contribution is -0.126. The van der Waals surface area contributed by atoms with E-state index in [9.17, 15) is 9.59 Å². The molecule has 3 rings (SSSR count). The summed E-state index contributed by atoms with van der Waals surface area (Å²) in [4.78, 5) is 27.9. The minimum absolute atomic E-state index is 0.0143. The van der Waals surface area contributed by atoms with Crippen molar-refractivity contribution < 1.29 is 9.59 Å². The first-order valence-electron chi connectivity index (χ1n) is 7.63. The van der Waals surface area contributed by atoms with E-state index < -0.39 is 0 Å². The average molecular weight is 329 g/mol. The number of hydrogen-bond donors (Lipinski definition) is 2. The van der Waals surface area contributed by atoms with Crippen LogP contribution in [0.3, 0.4) is 0 Å². The first-order chi connectivity index (χ1) is 11.0. The first kappa shape index (κ1) is 15.7. The Bertz CT molecular complexity index is 744. The highest BCUT2D eigenvalue weighted by atomic mass is 32.1. The molecule has 2 amide bonds. The molecule has 1 fully saturated rings. The number of piperidine rings is 1. The normalized spacial score (nSPS) is 17.7. The summed E-state index contributed by atoms with van der Waals surface area (Å²) >= 11 is 1.42. The quantitative estimate of drug-likeness (QED) is 0.909. The van der Waals surface area contributed by atoms with Gasteiger partial charge in [0.25, 0.3) is 0 Å². The Hall–Kier alpha value is -2.21. The van der Waals surface area contributed by atoms with Gasteiger partial charge in [0.05, 0.1) is 11.6 Å². The number of amides is 2. The molecule has 5 nitrogen and oxygen atoms in total. The van der Waals surface area contributed by atoms with Gasteiger partial charge in [0.1, 0.15) is 0 Å². The average Bonchev–Trinajstić information content (AvgIpc) is 2.96. The van der Waals surface area contributed by atoms with Crippen molar-refractivity contribution in [2.75, 3.05) is 11.9 Å². The smallest absolute Gasteiger partial charge is 0.231 e. The van der Waals surface area contributed by atoms with Gasteiger partial charge < -0.3 is 10.6 Å². The van der Waals surface area contributed by atoms with Crippen molar-refractivity contribution in [1.82, 2.24) is 10.3 Å². The third-order valence-corrected chi connectivity index (χ3v) is 4.79. The van der Waals surface area contributed by atoms with Crippen LogP contribution in [0.5, 0.6) is 0 Å². The fraction of sp³-hybridized carbons (Fsp3) is 0.353. The van der Waals surface area contributed by atoms with Crippen LogP contribution in [0.15, 0.2) is 23.6 Å². The molecule has 1 aliphatic heterocycles. The molecular formula is C17H19N3O2S. The Labute approximate surface area is 139 Å². The fourth-order valence-electron chi connectivity index (χ4n) is 2.72. The van der Waals surface area contributed by atoms with E-state index in [2.05, 4.69) is 47.7 Å². The van der Waals surface area contributed by atoms with E-state index in [1.807, 2.05) is 5.38 Å². The summed E-state index contributed by atoms with van der Waals surface area (Å²) in [6, 6.07) is 6.24. The van der Waals surface area contributed by atoms with Crippen molar-refractivity contribution in [3.63, 3.8) is 0 Å². The van der Waals surface area contributed by atoms with Gasteiger partial charge in [-0.2, -0.15) is 0 Å². The number of nitrogens with zero attached hydrogens (tertiary/aromatic N) is 1. The Morgan fingerprint density at radius 3 is 2.91 bits per heavy atom. The van der Waals surface area contributed by atoms with Crippen molar-refractivity contribution >= 4 is 28.3 Å². The third-order valence-electron chi connectivity index (χ3n) is 4.03. The topological polar surface area (TPSA) is 71.1 Å². The van der Waals surface area contributed by atoms with Crippen molar-refractivity contribution in [2.24, 2.45) is 5.92 Å². The summed E-state index contributed by atoms with van der Waals surface area (Å²) in [5, 5.41) is 8.14. The molecule has 6 heteroatoms. The van der Waals surface area contributed by atoms with Crippen LogP contribution >= 0.6 is 11.3 Å². The Balaban J connectivity index is 1.69. The molecule has 1 aromatic carbocycles. The fourth-order valence-corrected chi connectivity index (χ4v) is 3.43. The largest absolute Gasteiger partial charge is 0.355 e. The maximum Gasteiger partial charge on any atom is 0.231 e. The summed E-state index contributed by atoms with van der Waals surface area (Å²) in [5.41, 5.74) is 4.34. The molecule has 2 N–H and O–H groups in total. The van der Waals surface area contributed by atoms with Crippen LogP contribution in [-0.4, -0.2) is 23.3 Å². The zero-order valence-electron chi connectivity index (χ0n) is 13.2. The first-order valence-corrected chi connectivity index (χ1v) is 8.51. The number of nitrogens with one attached hydrogen (secondary N) is 2. The molecule has 0 saturated carbocycles. The molecule has 0 bridgehead atoms. The zero-order chi connectivity index (χ0) is 16.4. The van der Waals surface area contributed by atoms with E-state index in [0.29, 0.717) is 24.5 Å². The Morgan fingerprint density at radius 1 is 1.39 bits per heavy atom. The third kappa shape index (κ3) is 3.59. The molecule has 0 spiro atoms. The highest BCUT2D eigenvalue weighted by Gasteiger charge is 2.25. The Morgan fingerprint density at radius 2 is 2.22 bits per heavy atom. The van der Waals surface area contributed by atoms with Gasteiger partial charge in [0.15, 0.2) is 5.13 Å². The molecule has 1 aliphatic rings. The van der Waals surface area contributed by atoms with Crippen LogP contribution in [0.2, 0.25) is 0 Å². The van der Waals surface area contributed by atoms with E-state index in [1.54, 1.807) is 0 Å². The predicted octanol–water partition coefficient (Wildman–Crippen LogP) is 2.89. The van der Waals surface area contributed by atoms with Gasteiger partial charge in [-0.3, -0.25) is 9.59 Å². The summed E-state index contributed by atoms with van der Waals surface area (Å²) in [6.45, 7) is 4.52. The van der Waals surface area contributed by atoms with Crippen LogP contribution in [0, 0.1) is 19.8 Å². The monoisotopic (exact) mass is 329 g/mol. The lowest BCUT2D eigenvalue weighted by atomic mass is 9.98. The van der Waals surface area contributed by atoms with Crippen LogP contribution in [0.4, 0.5) is 5.13 Å². The summed E-state index contributed by atoms with van der Waals surface area (Å²) < 4.78 is 0. The van der Waals surface area contributed by atoms with Gasteiger partial charge in [0, 0.05) is 23.9 Å². The molecule has 0 unspecified atom stereocenters. The van der Waals surface area contributed by atoms with Crippen LogP contribution in [0.25, 0.3) is 11.3 Å². The van der Waals surface area contributed by atoms with Gasteiger partial charge >= 0.3 is 0 Å². The second-order valence-corrected chi connectivity index (χ2v) is 6.74. The molecule has 23 heavy (non-hydrogen) atoms. The van der Waals surface area contributed by atoms with Crippen LogP contribution < -0.4 is 10.6 Å². The summed E-state index contributed by atoms with van der Waals surface area (Å²) in [7, 11) is 0. The molecular weight excluding hydrogens is 310 g/mol. The number of aryl methyl sites for hydroxylation is 2. The van der Waals surface area contributed by atoms with E-state index in [0.717, 1.165) is 11.3 Å². The van der Waals surface area contributed by atoms with Crippen LogP contribution in [0.1, 0.15) is 24.0 Å². The molecule has 1 atom stereocenters. The van der Waals surface area contributed by atoms with Gasteiger partial charge in [-0.15, -0.1) is 11.3 Å². The standard InChI is InChI=1S/C17H19N3O2S/c1-10-3-5-13(11(2)7-10)14-9-23-17(19-14)20-16(22)12-4-6-15(21)18-8-12/h3,5,7,9,12H,4,6,8H2,1-2H3,(H,18,21)(H,19,20,22)/t12-/m0/s1. The lowest BCUT2D eigenvalue weighted by Crippen LogP contribution is -2.40. The molecule has 0 aliphatic carbocycles. The lowest BCUT2D eigenvalue weighted by Gasteiger charge is -2.20. The van der Waals surface area contributed by atoms with E-state index in [-0.39, 0.29) is 17.7 Å². The molecule has 0 radical (unpaired) electrons. The maximum absolute atomic E-state index is 12.2. The number of carbonyl (C=O) groups excluding carboxylic acids is 2. The van der Waals surface area contributed by atoms with Crippen molar-refractivity contribution in [1.29, 1.82) is 0 Å². The molecule has 2 heterocycles. The molecule has 120 valence electrons. The van der Waals surface area contributed by atoms with Gasteiger partial charge in [-0.25, -0.2) is 4.98 Å². The number of benzene rings is 1. The minimum atomic E-state index is -0.179. The molecule has 2 aromatic rings. The van der Waals surface area contributed by atoms with Gasteiger partial charge in [-0.05, 0) is 25.8 Å². The number of rotatable bonds is 3. The SMILES string of the molecule is Cc1ccc(-c2csc(NC(=O)[C@H]3CCC(=O)NC3)n2)c(C)c1. The molecule has 1 saturated heterocycles. The summed E-state index contributed by atoms with van der Waals surface area (Å²) in [6.07, 6.45) is 0.997. The summed E-state index contributed by atoms with van der Waals surface area (Å²) in [5.74, 6) is -0.242. The number of thiazole rings is 1. The van der Waals surface area contributed by atoms with E-state index in [1.165, 1.54) is 22.5 Å². The number of carbonyl (C=O) groups is 2. The minimum Gasteiger partial charge on any atom is -0.355 e. The van der Waals surface area contributed by atoms with E-state index in [4.69, 9.17) is 0 Å². The second kappa shape index (κ2) is 6.50. The Kier molecular flexibility index (Phi) is 4.43. The van der Waals surface area contributed by atoms with E-state index >= 15 is 0 Å². The van der Waals surface area contributed by atoms with Gasteiger partial charge in [-0.1, -0.05) is 23.8 Å². The number of anilines is 1.